The van der Waals surface area contributed by atoms with Crippen molar-refractivity contribution < 1.29 is 19.5 Å². The molecule has 186 valence electrons. The third-order valence-corrected chi connectivity index (χ3v) is 5.58. The minimum Gasteiger partial charge on any atom is -0.480 e. The average molecular weight is 490 g/mol. The highest BCUT2D eigenvalue weighted by molar-refractivity contribution is 5.97. The molecule has 0 fully saturated rings. The number of aryl methyl sites for hydroxylation is 1. The van der Waals surface area contributed by atoms with Crippen LogP contribution in [0, 0.1) is 19.3 Å². The summed E-state index contributed by atoms with van der Waals surface area (Å²) in [7, 11) is 1.46. The van der Waals surface area contributed by atoms with Gasteiger partial charge in [-0.05, 0) is 55.3 Å². The summed E-state index contributed by atoms with van der Waals surface area (Å²) in [6.45, 7) is 2.42. The molecule has 0 radical (unpaired) electrons. The molecule has 0 unspecified atom stereocenters. The van der Waals surface area contributed by atoms with Crippen LogP contribution in [0.1, 0.15) is 34.6 Å². The fourth-order valence-electron chi connectivity index (χ4n) is 3.69. The smallest absolute Gasteiger partial charge is 0.326 e. The van der Waals surface area contributed by atoms with Gasteiger partial charge in [-0.3, -0.25) is 14.4 Å². The Bertz CT molecular complexity index is 1370. The van der Waals surface area contributed by atoms with E-state index >= 15 is 0 Å². The predicted molar refractivity (Wildman–Crippen MR) is 136 cm³/mol. The van der Waals surface area contributed by atoms with E-state index in [-0.39, 0.29) is 36.4 Å². The molecule has 0 spiro atoms. The lowest BCUT2D eigenvalue weighted by molar-refractivity contribution is -0.139. The zero-order valence-electron chi connectivity index (χ0n) is 20.0. The molecule has 10 heteroatoms. The van der Waals surface area contributed by atoms with Gasteiger partial charge in [0.15, 0.2) is 0 Å². The zero-order valence-corrected chi connectivity index (χ0v) is 20.0. The molecule has 3 rings (SSSR count). The Kier molecular flexibility index (Phi) is 8.41. The van der Waals surface area contributed by atoms with E-state index in [4.69, 9.17) is 6.42 Å². The molecule has 10 nitrogen and oxygen atoms in total. The number of carboxylic acid groups (broad SMARTS) is 1. The highest BCUT2D eigenvalue weighted by Gasteiger charge is 2.21. The van der Waals surface area contributed by atoms with E-state index in [9.17, 15) is 24.3 Å². The molecule has 1 heterocycles. The molecule has 1 aromatic heterocycles. The van der Waals surface area contributed by atoms with Crippen molar-refractivity contribution in [1.29, 1.82) is 0 Å². The van der Waals surface area contributed by atoms with Crippen LogP contribution in [0.15, 0.2) is 47.3 Å². The van der Waals surface area contributed by atoms with Crippen LogP contribution in [-0.2, 0) is 16.1 Å². The first-order valence-corrected chi connectivity index (χ1v) is 11.2. The molecule has 2 amide bonds. The normalized spacial score (nSPS) is 11.4. The largest absolute Gasteiger partial charge is 0.480 e. The van der Waals surface area contributed by atoms with E-state index in [2.05, 4.69) is 26.5 Å². The number of carbonyl (C=O) groups is 3. The van der Waals surface area contributed by atoms with Gasteiger partial charge in [0.05, 0.1) is 17.4 Å². The number of benzene rings is 2. The Morgan fingerprint density at radius 2 is 1.92 bits per heavy atom. The Labute approximate surface area is 207 Å². The molecule has 0 saturated heterocycles. The lowest BCUT2D eigenvalue weighted by Gasteiger charge is -2.23. The number of terminal acetylenes is 1. The number of nitrogens with one attached hydrogen (secondary N) is 3. The molecule has 3 aromatic rings. The maximum atomic E-state index is 12.6. The molecular formula is C26H27N5O5. The van der Waals surface area contributed by atoms with Gasteiger partial charge in [-0.1, -0.05) is 12.0 Å². The van der Waals surface area contributed by atoms with Crippen LogP contribution in [0.3, 0.4) is 0 Å². The van der Waals surface area contributed by atoms with Gasteiger partial charge in [0.25, 0.3) is 11.5 Å². The summed E-state index contributed by atoms with van der Waals surface area (Å²) in [5.74, 6) is 1.06. The highest BCUT2D eigenvalue weighted by atomic mass is 16.4. The minimum atomic E-state index is -1.22. The van der Waals surface area contributed by atoms with Gasteiger partial charge in [0.1, 0.15) is 11.9 Å². The molecule has 1 atom stereocenters. The van der Waals surface area contributed by atoms with Crippen molar-refractivity contribution in [3.8, 4) is 12.3 Å². The number of aromatic nitrogens is 2. The van der Waals surface area contributed by atoms with Gasteiger partial charge >= 0.3 is 5.97 Å². The summed E-state index contributed by atoms with van der Waals surface area (Å²) in [5, 5.41) is 14.7. The van der Waals surface area contributed by atoms with Crippen molar-refractivity contribution in [3.05, 3.63) is 69.8 Å². The van der Waals surface area contributed by atoms with Crippen molar-refractivity contribution in [2.45, 2.75) is 32.4 Å². The summed E-state index contributed by atoms with van der Waals surface area (Å²) in [6, 6.07) is 10.8. The van der Waals surface area contributed by atoms with Crippen molar-refractivity contribution in [3.63, 3.8) is 0 Å². The molecular weight excluding hydrogens is 462 g/mol. The van der Waals surface area contributed by atoms with Crippen molar-refractivity contribution in [2.75, 3.05) is 18.5 Å². The number of amides is 2. The Morgan fingerprint density at radius 3 is 2.56 bits per heavy atom. The van der Waals surface area contributed by atoms with Crippen molar-refractivity contribution in [1.82, 2.24) is 20.6 Å². The molecule has 0 aliphatic heterocycles. The number of rotatable bonds is 10. The number of nitrogens with zero attached hydrogens (tertiary/aromatic N) is 2. The van der Waals surface area contributed by atoms with E-state index in [0.717, 1.165) is 11.3 Å². The molecule has 0 saturated carbocycles. The maximum Gasteiger partial charge on any atom is 0.326 e. The van der Waals surface area contributed by atoms with Crippen LogP contribution in [0.4, 0.5) is 5.69 Å². The Balaban J connectivity index is 1.74. The van der Waals surface area contributed by atoms with Gasteiger partial charge < -0.3 is 25.6 Å². The zero-order chi connectivity index (χ0) is 26.2. The predicted octanol–water partition coefficient (Wildman–Crippen LogP) is 1.58. The number of anilines is 1. The fourth-order valence-corrected chi connectivity index (χ4v) is 3.69. The molecule has 36 heavy (non-hydrogen) atoms. The number of aromatic amines is 1. The monoisotopic (exact) mass is 489 g/mol. The van der Waals surface area contributed by atoms with Gasteiger partial charge in [0.2, 0.25) is 5.91 Å². The summed E-state index contributed by atoms with van der Waals surface area (Å²) in [4.78, 5) is 56.7. The van der Waals surface area contributed by atoms with Gasteiger partial charge in [0, 0.05) is 31.3 Å². The molecule has 0 aliphatic carbocycles. The van der Waals surface area contributed by atoms with Gasteiger partial charge in [-0.2, -0.15) is 0 Å². The summed E-state index contributed by atoms with van der Waals surface area (Å²) in [5.41, 5.74) is 2.26. The third kappa shape index (κ3) is 6.48. The second-order valence-electron chi connectivity index (χ2n) is 8.19. The lowest BCUT2D eigenvalue weighted by atomic mass is 10.1. The van der Waals surface area contributed by atoms with Crippen LogP contribution in [0.25, 0.3) is 10.9 Å². The SMILES string of the molecule is C#CCN(Cc1ccc2nc(C)[nH]c(=O)c2c1)c1ccc(C(=O)N[C@H](CCC(=O)NC)C(=O)O)cc1. The minimum absolute atomic E-state index is 0.0238. The molecule has 4 N–H and O–H groups in total. The van der Waals surface area contributed by atoms with Crippen LogP contribution in [-0.4, -0.2) is 52.5 Å². The van der Waals surface area contributed by atoms with Crippen LogP contribution in [0.5, 0.6) is 0 Å². The van der Waals surface area contributed by atoms with Gasteiger partial charge in [-0.15, -0.1) is 6.42 Å². The second-order valence-corrected chi connectivity index (χ2v) is 8.19. The maximum absolute atomic E-state index is 12.6. The number of aliphatic carboxylic acids is 1. The average Bonchev–Trinajstić information content (AvgIpc) is 2.86. The quantitative estimate of drug-likeness (QED) is 0.317. The van der Waals surface area contributed by atoms with Crippen molar-refractivity contribution >= 4 is 34.4 Å². The molecule has 0 bridgehead atoms. The fraction of sp³-hybridized carbons (Fsp3) is 0.269. The highest BCUT2D eigenvalue weighted by Crippen LogP contribution is 2.20. The first-order chi connectivity index (χ1) is 17.2. The van der Waals surface area contributed by atoms with E-state index in [1.807, 2.05) is 11.0 Å². The summed E-state index contributed by atoms with van der Waals surface area (Å²) >= 11 is 0. The number of carbonyl (C=O) groups excluding carboxylic acids is 2. The number of carboxylic acids is 1. The number of hydrogen-bond acceptors (Lipinski definition) is 6. The Morgan fingerprint density at radius 1 is 1.19 bits per heavy atom. The molecule has 2 aromatic carbocycles. The first-order valence-electron chi connectivity index (χ1n) is 11.2. The summed E-state index contributed by atoms with van der Waals surface area (Å²) < 4.78 is 0. The van der Waals surface area contributed by atoms with E-state index in [1.165, 1.54) is 7.05 Å². The lowest BCUT2D eigenvalue weighted by Crippen LogP contribution is -2.41. The van der Waals surface area contributed by atoms with Crippen molar-refractivity contribution in [2.24, 2.45) is 0 Å². The third-order valence-electron chi connectivity index (χ3n) is 5.58. The Hall–Kier alpha value is -4.65. The van der Waals surface area contributed by atoms with E-state index in [1.54, 1.807) is 43.3 Å². The standard InChI is InChI=1S/C26H27N5O5/c1-4-13-31(15-17-5-10-21-20(14-17)25(34)29-16(2)28-21)19-8-6-18(7-9-19)24(33)30-22(26(35)36)11-12-23(32)27-3/h1,5-10,14,22H,11-13,15H2,2-3H3,(H,27,32)(H,30,33)(H,35,36)(H,28,29,34)/t22-/m1/s1. The second kappa shape index (κ2) is 11.7. The van der Waals surface area contributed by atoms with Crippen LogP contribution >= 0.6 is 0 Å². The topological polar surface area (TPSA) is 144 Å². The van der Waals surface area contributed by atoms with Gasteiger partial charge in [-0.25, -0.2) is 9.78 Å². The first kappa shape index (κ1) is 26.0. The number of H-pyrrole nitrogens is 1. The van der Waals surface area contributed by atoms with E-state index in [0.29, 0.717) is 23.3 Å². The number of hydrogen-bond donors (Lipinski definition) is 4. The summed E-state index contributed by atoms with van der Waals surface area (Å²) in [6.07, 6.45) is 5.51. The van der Waals surface area contributed by atoms with Crippen LogP contribution < -0.4 is 21.1 Å². The molecule has 0 aliphatic rings. The number of fused-ring (bicyclic) bond motifs is 1. The van der Waals surface area contributed by atoms with Crippen LogP contribution in [0.2, 0.25) is 0 Å². The van der Waals surface area contributed by atoms with E-state index < -0.39 is 17.9 Å².